The zero-order valence-electron chi connectivity index (χ0n) is 14.4. The zero-order valence-corrected chi connectivity index (χ0v) is 14.4. The summed E-state index contributed by atoms with van der Waals surface area (Å²) < 4.78 is 6.08. The van der Waals surface area contributed by atoms with Crippen LogP contribution in [0.5, 0.6) is 0 Å². The number of benzene rings is 3. The summed E-state index contributed by atoms with van der Waals surface area (Å²) in [5, 5.41) is 2.18. The Kier molecular flexibility index (Phi) is 3.36. The molecule has 2 heteroatoms. The number of hydrogen-bond donors (Lipinski definition) is 0. The van der Waals surface area contributed by atoms with Crippen LogP contribution in [0, 0.1) is 6.92 Å². The first kappa shape index (κ1) is 14.9. The Bertz CT molecular complexity index is 1220. The SMILES string of the molecule is Cc1nc2oc3ccccc3c2c(-c2ccccc2)c1-c1ccccc1. The molecule has 124 valence electrons. The van der Waals surface area contributed by atoms with Gasteiger partial charge in [-0.2, -0.15) is 0 Å². The Balaban J connectivity index is 2.01. The lowest BCUT2D eigenvalue weighted by Crippen LogP contribution is -1.94. The summed E-state index contributed by atoms with van der Waals surface area (Å²) in [7, 11) is 0. The standard InChI is InChI=1S/C24H17NO/c1-16-21(17-10-4-2-5-11-17)22(18-12-6-3-7-13-18)23-19-14-8-9-15-20(19)26-24(23)25-16/h2-15H,1H3. The molecule has 0 fully saturated rings. The second-order valence-electron chi connectivity index (χ2n) is 6.46. The summed E-state index contributed by atoms with van der Waals surface area (Å²) in [6.07, 6.45) is 0. The Morgan fingerprint density at radius 1 is 0.654 bits per heavy atom. The highest BCUT2D eigenvalue weighted by molar-refractivity contribution is 6.15. The molecule has 0 radical (unpaired) electrons. The molecule has 26 heavy (non-hydrogen) atoms. The second-order valence-corrected chi connectivity index (χ2v) is 6.46. The largest absolute Gasteiger partial charge is 0.438 e. The van der Waals surface area contributed by atoms with E-state index < -0.39 is 0 Å². The minimum Gasteiger partial charge on any atom is -0.438 e. The third kappa shape index (κ3) is 2.23. The quantitative estimate of drug-likeness (QED) is 0.362. The predicted molar refractivity (Wildman–Crippen MR) is 107 cm³/mol. The molecule has 2 nitrogen and oxygen atoms in total. The molecule has 5 aromatic rings. The molecule has 0 aliphatic heterocycles. The number of rotatable bonds is 2. The Hall–Kier alpha value is -3.39. The fourth-order valence-corrected chi connectivity index (χ4v) is 3.72. The van der Waals surface area contributed by atoms with E-state index >= 15 is 0 Å². The first-order chi connectivity index (χ1) is 12.8. The highest BCUT2D eigenvalue weighted by Gasteiger charge is 2.20. The van der Waals surface area contributed by atoms with E-state index in [1.807, 2.05) is 30.3 Å². The van der Waals surface area contributed by atoms with Gasteiger partial charge in [0.15, 0.2) is 0 Å². The first-order valence-electron chi connectivity index (χ1n) is 8.75. The summed E-state index contributed by atoms with van der Waals surface area (Å²) in [6, 6.07) is 29.1. The number of furan rings is 1. The van der Waals surface area contributed by atoms with E-state index in [1.165, 1.54) is 16.7 Å². The normalized spacial score (nSPS) is 11.3. The van der Waals surface area contributed by atoms with Crippen molar-refractivity contribution in [3.05, 3.63) is 90.6 Å². The molecule has 0 unspecified atom stereocenters. The first-order valence-corrected chi connectivity index (χ1v) is 8.75. The second kappa shape index (κ2) is 5.85. The van der Waals surface area contributed by atoms with Gasteiger partial charge >= 0.3 is 0 Å². The molecule has 3 aromatic carbocycles. The molecule has 0 saturated heterocycles. The van der Waals surface area contributed by atoms with Gasteiger partial charge in [-0.15, -0.1) is 0 Å². The van der Waals surface area contributed by atoms with Gasteiger partial charge in [0.25, 0.3) is 0 Å². The van der Waals surface area contributed by atoms with E-state index in [2.05, 4.69) is 61.5 Å². The molecule has 0 saturated carbocycles. The van der Waals surface area contributed by atoms with Crippen LogP contribution < -0.4 is 0 Å². The van der Waals surface area contributed by atoms with Gasteiger partial charge in [-0.1, -0.05) is 78.9 Å². The molecule has 2 heterocycles. The van der Waals surface area contributed by atoms with Crippen LogP contribution in [-0.4, -0.2) is 4.98 Å². The maximum Gasteiger partial charge on any atom is 0.228 e. The van der Waals surface area contributed by atoms with Crippen LogP contribution in [0.4, 0.5) is 0 Å². The van der Waals surface area contributed by atoms with Crippen molar-refractivity contribution in [2.24, 2.45) is 0 Å². The molecule has 0 aliphatic carbocycles. The van der Waals surface area contributed by atoms with Gasteiger partial charge in [0.05, 0.1) is 5.39 Å². The van der Waals surface area contributed by atoms with Crippen LogP contribution in [-0.2, 0) is 0 Å². The van der Waals surface area contributed by atoms with Crippen molar-refractivity contribution in [2.45, 2.75) is 6.92 Å². The Morgan fingerprint density at radius 3 is 1.92 bits per heavy atom. The molecule has 2 aromatic heterocycles. The van der Waals surface area contributed by atoms with Crippen LogP contribution in [0.3, 0.4) is 0 Å². The Morgan fingerprint density at radius 2 is 1.23 bits per heavy atom. The fourth-order valence-electron chi connectivity index (χ4n) is 3.72. The van der Waals surface area contributed by atoms with Crippen LogP contribution in [0.1, 0.15) is 5.69 Å². The third-order valence-electron chi connectivity index (χ3n) is 4.83. The molecule has 0 aliphatic rings. The molecular formula is C24H17NO. The van der Waals surface area contributed by atoms with Crippen LogP contribution in [0.25, 0.3) is 44.3 Å². The zero-order chi connectivity index (χ0) is 17.5. The maximum atomic E-state index is 6.08. The highest BCUT2D eigenvalue weighted by Crippen LogP contribution is 2.42. The van der Waals surface area contributed by atoms with E-state index in [0.717, 1.165) is 27.6 Å². The van der Waals surface area contributed by atoms with Crippen molar-refractivity contribution >= 4 is 22.1 Å². The molecule has 0 atom stereocenters. The lowest BCUT2D eigenvalue weighted by Gasteiger charge is -2.14. The summed E-state index contributed by atoms with van der Waals surface area (Å²) in [5.41, 5.74) is 7.23. The molecule has 0 amide bonds. The molecule has 0 bridgehead atoms. The monoisotopic (exact) mass is 335 g/mol. The fraction of sp³-hybridized carbons (Fsp3) is 0.0417. The van der Waals surface area contributed by atoms with Gasteiger partial charge in [0, 0.05) is 22.2 Å². The van der Waals surface area contributed by atoms with Crippen molar-refractivity contribution in [1.82, 2.24) is 4.98 Å². The van der Waals surface area contributed by atoms with Gasteiger partial charge in [-0.3, -0.25) is 0 Å². The Labute approximate surface area is 151 Å². The van der Waals surface area contributed by atoms with Crippen LogP contribution in [0.15, 0.2) is 89.3 Å². The topological polar surface area (TPSA) is 26.0 Å². The van der Waals surface area contributed by atoms with Crippen LogP contribution in [0.2, 0.25) is 0 Å². The molecule has 0 N–H and O–H groups in total. The summed E-state index contributed by atoms with van der Waals surface area (Å²) >= 11 is 0. The van der Waals surface area contributed by atoms with Gasteiger partial charge in [0.1, 0.15) is 5.58 Å². The van der Waals surface area contributed by atoms with Crippen molar-refractivity contribution < 1.29 is 4.42 Å². The molecular weight excluding hydrogens is 318 g/mol. The number of aryl methyl sites for hydroxylation is 1. The smallest absolute Gasteiger partial charge is 0.228 e. The van der Waals surface area contributed by atoms with E-state index in [0.29, 0.717) is 5.71 Å². The summed E-state index contributed by atoms with van der Waals surface area (Å²) in [5.74, 6) is 0. The average Bonchev–Trinajstić information content (AvgIpc) is 3.06. The lowest BCUT2D eigenvalue weighted by molar-refractivity contribution is 0.653. The number of aromatic nitrogens is 1. The van der Waals surface area contributed by atoms with Gasteiger partial charge in [-0.05, 0) is 24.1 Å². The van der Waals surface area contributed by atoms with Crippen molar-refractivity contribution in [3.63, 3.8) is 0 Å². The number of pyridine rings is 1. The van der Waals surface area contributed by atoms with E-state index in [4.69, 9.17) is 9.40 Å². The van der Waals surface area contributed by atoms with E-state index in [-0.39, 0.29) is 0 Å². The maximum absolute atomic E-state index is 6.08. The van der Waals surface area contributed by atoms with E-state index in [1.54, 1.807) is 0 Å². The highest BCUT2D eigenvalue weighted by atomic mass is 16.3. The minimum absolute atomic E-state index is 0.697. The molecule has 0 spiro atoms. The van der Waals surface area contributed by atoms with Crippen molar-refractivity contribution in [3.8, 4) is 22.3 Å². The number of nitrogens with zero attached hydrogens (tertiary/aromatic N) is 1. The summed E-state index contributed by atoms with van der Waals surface area (Å²) in [4.78, 5) is 4.81. The van der Waals surface area contributed by atoms with Crippen molar-refractivity contribution in [1.29, 1.82) is 0 Å². The molecule has 5 rings (SSSR count). The predicted octanol–water partition coefficient (Wildman–Crippen LogP) is 6.62. The number of fused-ring (bicyclic) bond motifs is 3. The average molecular weight is 335 g/mol. The summed E-state index contributed by atoms with van der Waals surface area (Å²) in [6.45, 7) is 2.06. The number of hydrogen-bond acceptors (Lipinski definition) is 2. The lowest BCUT2D eigenvalue weighted by atomic mass is 9.90. The third-order valence-corrected chi connectivity index (χ3v) is 4.83. The van der Waals surface area contributed by atoms with Gasteiger partial charge in [0.2, 0.25) is 5.71 Å². The minimum atomic E-state index is 0.697. The van der Waals surface area contributed by atoms with E-state index in [9.17, 15) is 0 Å². The van der Waals surface area contributed by atoms with Gasteiger partial charge < -0.3 is 4.42 Å². The van der Waals surface area contributed by atoms with Crippen LogP contribution >= 0.6 is 0 Å². The number of para-hydroxylation sites is 1. The van der Waals surface area contributed by atoms with Gasteiger partial charge in [-0.25, -0.2) is 4.98 Å². The van der Waals surface area contributed by atoms with Crippen molar-refractivity contribution in [2.75, 3.05) is 0 Å².